The predicted molar refractivity (Wildman–Crippen MR) is 57.5 cm³/mol. The Labute approximate surface area is 87.1 Å². The van der Waals surface area contributed by atoms with Crippen molar-refractivity contribution >= 4 is 12.1 Å². The Bertz CT molecular complexity index is 407. The largest absolute Gasteiger partial charge is 0.356 e. The molecule has 2 heterocycles. The maximum absolute atomic E-state index is 11.4. The molecule has 2 rings (SSSR count). The highest BCUT2D eigenvalue weighted by Gasteiger charge is 2.11. The molecule has 1 fully saturated rings. The smallest absolute Gasteiger partial charge is 0.260 e. The molecule has 0 aromatic carbocycles. The number of hydrogen-bond donors (Lipinski definition) is 2. The van der Waals surface area contributed by atoms with Gasteiger partial charge in [-0.2, -0.15) is 0 Å². The standard InChI is InChI=1S/C10H13N3O2/c14-7-8-1-2-9(12-10(8)15)13-5-3-11-4-6-13/h1-2,7,11H,3-6H2,(H,12,15). The lowest BCUT2D eigenvalue weighted by Crippen LogP contribution is -2.44. The second-order valence-electron chi connectivity index (χ2n) is 3.48. The number of aldehydes is 1. The molecular weight excluding hydrogens is 194 g/mol. The zero-order chi connectivity index (χ0) is 10.7. The first kappa shape index (κ1) is 9.92. The van der Waals surface area contributed by atoms with Crippen LogP contribution in [0, 0.1) is 0 Å². The average molecular weight is 207 g/mol. The third kappa shape index (κ3) is 2.07. The third-order valence-corrected chi connectivity index (χ3v) is 2.51. The summed E-state index contributed by atoms with van der Waals surface area (Å²) in [4.78, 5) is 26.7. The van der Waals surface area contributed by atoms with E-state index in [-0.39, 0.29) is 11.1 Å². The van der Waals surface area contributed by atoms with Crippen molar-refractivity contribution in [3.05, 3.63) is 28.0 Å². The number of anilines is 1. The molecule has 1 aliphatic rings. The maximum Gasteiger partial charge on any atom is 0.260 e. The van der Waals surface area contributed by atoms with Crippen LogP contribution >= 0.6 is 0 Å². The number of nitrogens with one attached hydrogen (secondary N) is 2. The number of piperazine rings is 1. The minimum atomic E-state index is -0.318. The first-order valence-corrected chi connectivity index (χ1v) is 4.95. The number of pyridine rings is 1. The number of rotatable bonds is 2. The van der Waals surface area contributed by atoms with Crippen LogP contribution in [0.2, 0.25) is 0 Å². The fraction of sp³-hybridized carbons (Fsp3) is 0.400. The number of H-pyrrole nitrogens is 1. The van der Waals surface area contributed by atoms with E-state index in [0.717, 1.165) is 32.0 Å². The van der Waals surface area contributed by atoms with E-state index in [2.05, 4.69) is 15.2 Å². The van der Waals surface area contributed by atoms with Gasteiger partial charge in [0.15, 0.2) is 6.29 Å². The summed E-state index contributed by atoms with van der Waals surface area (Å²) in [6, 6.07) is 3.33. The molecule has 0 radical (unpaired) electrons. The lowest BCUT2D eigenvalue weighted by molar-refractivity contribution is 0.112. The van der Waals surface area contributed by atoms with Gasteiger partial charge < -0.3 is 15.2 Å². The van der Waals surface area contributed by atoms with Crippen LogP contribution in [0.25, 0.3) is 0 Å². The normalized spacial score (nSPS) is 16.4. The van der Waals surface area contributed by atoms with Gasteiger partial charge in [-0.25, -0.2) is 0 Å². The van der Waals surface area contributed by atoms with E-state index in [0.29, 0.717) is 6.29 Å². The molecule has 0 spiro atoms. The topological polar surface area (TPSA) is 65.2 Å². The van der Waals surface area contributed by atoms with Crippen LogP contribution in [0.4, 0.5) is 5.82 Å². The van der Waals surface area contributed by atoms with Crippen LogP contribution in [0.5, 0.6) is 0 Å². The molecule has 80 valence electrons. The molecule has 1 saturated heterocycles. The van der Waals surface area contributed by atoms with E-state index in [1.807, 2.05) is 0 Å². The van der Waals surface area contributed by atoms with Gasteiger partial charge in [0.1, 0.15) is 5.82 Å². The van der Waals surface area contributed by atoms with E-state index >= 15 is 0 Å². The second kappa shape index (κ2) is 4.27. The molecule has 15 heavy (non-hydrogen) atoms. The quantitative estimate of drug-likeness (QED) is 0.647. The van der Waals surface area contributed by atoms with Crippen molar-refractivity contribution in [3.8, 4) is 0 Å². The molecule has 1 aliphatic heterocycles. The number of aromatic nitrogens is 1. The van der Waals surface area contributed by atoms with Crippen LogP contribution in [0.15, 0.2) is 16.9 Å². The Hall–Kier alpha value is -1.62. The highest BCUT2D eigenvalue weighted by Crippen LogP contribution is 2.08. The lowest BCUT2D eigenvalue weighted by Gasteiger charge is -2.28. The van der Waals surface area contributed by atoms with Gasteiger partial charge in [0.05, 0.1) is 5.56 Å². The summed E-state index contributed by atoms with van der Waals surface area (Å²) in [5, 5.41) is 3.23. The van der Waals surface area contributed by atoms with Crippen LogP contribution in [0.3, 0.4) is 0 Å². The third-order valence-electron chi connectivity index (χ3n) is 2.51. The minimum Gasteiger partial charge on any atom is -0.356 e. The highest BCUT2D eigenvalue weighted by molar-refractivity contribution is 5.74. The number of aromatic amines is 1. The second-order valence-corrected chi connectivity index (χ2v) is 3.48. The van der Waals surface area contributed by atoms with Crippen LogP contribution in [-0.4, -0.2) is 37.4 Å². The zero-order valence-corrected chi connectivity index (χ0v) is 8.32. The molecule has 0 unspecified atom stereocenters. The fourth-order valence-electron chi connectivity index (χ4n) is 1.66. The summed E-state index contributed by atoms with van der Waals surface area (Å²) < 4.78 is 0. The van der Waals surface area contributed by atoms with Crippen molar-refractivity contribution in [2.45, 2.75) is 0 Å². The molecular formula is C10H13N3O2. The molecule has 5 nitrogen and oxygen atoms in total. The highest BCUT2D eigenvalue weighted by atomic mass is 16.1. The first-order valence-electron chi connectivity index (χ1n) is 4.95. The number of carbonyl (C=O) groups excluding carboxylic acids is 1. The van der Waals surface area contributed by atoms with Gasteiger partial charge in [0, 0.05) is 26.2 Å². The fourth-order valence-corrected chi connectivity index (χ4v) is 1.66. The predicted octanol–water partition coefficient (Wildman–Crippen LogP) is -0.403. The molecule has 1 aromatic heterocycles. The molecule has 0 atom stereocenters. The minimum absolute atomic E-state index is 0.175. The van der Waals surface area contributed by atoms with Crippen molar-refractivity contribution in [2.24, 2.45) is 0 Å². The molecule has 0 amide bonds. The molecule has 0 bridgehead atoms. The van der Waals surface area contributed by atoms with Gasteiger partial charge in [-0.1, -0.05) is 0 Å². The number of carbonyl (C=O) groups is 1. The maximum atomic E-state index is 11.4. The van der Waals surface area contributed by atoms with Gasteiger partial charge in [-0.05, 0) is 12.1 Å². The van der Waals surface area contributed by atoms with E-state index in [1.54, 1.807) is 12.1 Å². The van der Waals surface area contributed by atoms with Gasteiger partial charge in [0.2, 0.25) is 0 Å². The summed E-state index contributed by atoms with van der Waals surface area (Å²) >= 11 is 0. The monoisotopic (exact) mass is 207 g/mol. The van der Waals surface area contributed by atoms with Crippen LogP contribution < -0.4 is 15.8 Å². The van der Waals surface area contributed by atoms with Gasteiger partial charge >= 0.3 is 0 Å². The Balaban J connectivity index is 2.25. The van der Waals surface area contributed by atoms with Crippen molar-refractivity contribution in [3.63, 3.8) is 0 Å². The van der Waals surface area contributed by atoms with Gasteiger partial charge in [0.25, 0.3) is 5.56 Å². The van der Waals surface area contributed by atoms with E-state index in [9.17, 15) is 9.59 Å². The van der Waals surface area contributed by atoms with Crippen molar-refractivity contribution < 1.29 is 4.79 Å². The van der Waals surface area contributed by atoms with Crippen molar-refractivity contribution in [1.82, 2.24) is 10.3 Å². The van der Waals surface area contributed by atoms with E-state index in [1.165, 1.54) is 0 Å². The molecule has 0 saturated carbocycles. The molecule has 5 heteroatoms. The Morgan fingerprint density at radius 1 is 1.27 bits per heavy atom. The molecule has 1 aromatic rings. The van der Waals surface area contributed by atoms with Crippen molar-refractivity contribution in [2.75, 3.05) is 31.1 Å². The summed E-state index contributed by atoms with van der Waals surface area (Å²) in [6.45, 7) is 3.57. The van der Waals surface area contributed by atoms with Crippen LogP contribution in [0.1, 0.15) is 10.4 Å². The zero-order valence-electron chi connectivity index (χ0n) is 8.32. The Morgan fingerprint density at radius 2 is 2.00 bits per heavy atom. The summed E-state index contributed by atoms with van der Waals surface area (Å²) in [5.41, 5.74) is -0.144. The number of nitrogens with zero attached hydrogens (tertiary/aromatic N) is 1. The van der Waals surface area contributed by atoms with Crippen LogP contribution in [-0.2, 0) is 0 Å². The Kier molecular flexibility index (Phi) is 2.82. The summed E-state index contributed by atoms with van der Waals surface area (Å²) in [5.74, 6) is 0.784. The SMILES string of the molecule is O=Cc1ccc(N2CCNCC2)[nH]c1=O. The summed E-state index contributed by atoms with van der Waals surface area (Å²) in [6.07, 6.45) is 0.570. The average Bonchev–Trinajstić information content (AvgIpc) is 2.30. The van der Waals surface area contributed by atoms with Gasteiger partial charge in [-0.3, -0.25) is 9.59 Å². The number of hydrogen-bond acceptors (Lipinski definition) is 4. The first-order chi connectivity index (χ1) is 7.31. The van der Waals surface area contributed by atoms with E-state index in [4.69, 9.17) is 0 Å². The summed E-state index contributed by atoms with van der Waals surface area (Å²) in [7, 11) is 0. The van der Waals surface area contributed by atoms with Gasteiger partial charge in [-0.15, -0.1) is 0 Å². The molecule has 2 N–H and O–H groups in total. The Morgan fingerprint density at radius 3 is 2.60 bits per heavy atom. The molecule has 0 aliphatic carbocycles. The van der Waals surface area contributed by atoms with E-state index < -0.39 is 0 Å². The lowest BCUT2D eigenvalue weighted by atomic mass is 10.3. The van der Waals surface area contributed by atoms with Crippen molar-refractivity contribution in [1.29, 1.82) is 0 Å².